The Balaban J connectivity index is 2.68. The largest absolute Gasteiger partial charge is 0.416 e. The lowest BCUT2D eigenvalue weighted by Crippen LogP contribution is -2.17. The van der Waals surface area contributed by atoms with Gasteiger partial charge in [-0.1, -0.05) is 6.92 Å². The number of carbonyl (C=O) groups excluding carboxylic acids is 1. The molecule has 0 aliphatic rings. The third-order valence-electron chi connectivity index (χ3n) is 4.79. The number of carbonyl (C=O) groups is 1. The Morgan fingerprint density at radius 1 is 0.972 bits per heavy atom. The minimum atomic E-state index is -5.08. The molecular weight excluding hydrogens is 500 g/mol. The minimum Gasteiger partial charge on any atom is -0.366 e. The van der Waals surface area contributed by atoms with Gasteiger partial charge in [0.2, 0.25) is 0 Å². The summed E-state index contributed by atoms with van der Waals surface area (Å²) in [4.78, 5) is 15.8. The molecule has 0 bridgehead atoms. The first-order valence-corrected chi connectivity index (χ1v) is 10.2. The molecule has 36 heavy (non-hydrogen) atoms. The van der Waals surface area contributed by atoms with E-state index in [0.29, 0.717) is 12.1 Å². The van der Waals surface area contributed by atoms with Gasteiger partial charge in [0.1, 0.15) is 12.2 Å². The minimum absolute atomic E-state index is 0.0474. The van der Waals surface area contributed by atoms with Crippen molar-refractivity contribution in [2.75, 3.05) is 0 Å². The Morgan fingerprint density at radius 2 is 1.53 bits per heavy atom. The van der Waals surface area contributed by atoms with Gasteiger partial charge in [0.25, 0.3) is 5.91 Å². The number of nitrogens with two attached hydrogens (primary N) is 1. The second-order valence-corrected chi connectivity index (χ2v) is 7.53. The molecule has 0 aliphatic heterocycles. The van der Waals surface area contributed by atoms with Crippen LogP contribution in [0.15, 0.2) is 65.1 Å². The molecule has 0 atom stereocenters. The lowest BCUT2D eigenvalue weighted by molar-refractivity contribution is -0.143. The van der Waals surface area contributed by atoms with Gasteiger partial charge in [-0.25, -0.2) is 18.4 Å². The van der Waals surface area contributed by atoms with Crippen molar-refractivity contribution in [2.24, 2.45) is 5.73 Å². The van der Waals surface area contributed by atoms with E-state index in [1.165, 1.54) is 6.92 Å². The molecule has 0 saturated heterocycles. The first-order chi connectivity index (χ1) is 16.5. The average Bonchev–Trinajstić information content (AvgIpc) is 3.24. The van der Waals surface area contributed by atoms with Crippen molar-refractivity contribution in [3.8, 4) is 11.4 Å². The van der Waals surface area contributed by atoms with E-state index in [1.54, 1.807) is 6.92 Å². The molecule has 0 fully saturated rings. The van der Waals surface area contributed by atoms with Crippen LogP contribution in [0, 0.1) is 0 Å². The molecule has 0 unspecified atom stereocenters. The van der Waals surface area contributed by atoms with E-state index >= 15 is 0 Å². The molecule has 2 aromatic rings. The molecule has 1 amide bonds. The van der Waals surface area contributed by atoms with Gasteiger partial charge in [0.05, 0.1) is 22.5 Å². The van der Waals surface area contributed by atoms with Gasteiger partial charge in [-0.15, -0.1) is 5.10 Å². The third-order valence-corrected chi connectivity index (χ3v) is 4.79. The van der Waals surface area contributed by atoms with Crippen LogP contribution in [0.1, 0.15) is 38.3 Å². The first-order valence-electron chi connectivity index (χ1n) is 10.2. The van der Waals surface area contributed by atoms with Gasteiger partial charge in [0.15, 0.2) is 5.82 Å². The molecule has 2 N–H and O–H groups in total. The highest BCUT2D eigenvalue weighted by Crippen LogP contribution is 2.38. The summed E-state index contributed by atoms with van der Waals surface area (Å²) in [5.41, 5.74) is 0.894. The Morgan fingerprint density at radius 3 is 1.97 bits per heavy atom. The van der Waals surface area contributed by atoms with Crippen molar-refractivity contribution in [2.45, 2.75) is 39.5 Å². The zero-order valence-electron chi connectivity index (χ0n) is 19.1. The lowest BCUT2D eigenvalue weighted by Gasteiger charge is -2.13. The molecule has 0 spiro atoms. The maximum atomic E-state index is 15.0. The van der Waals surface area contributed by atoms with E-state index in [2.05, 4.69) is 10.1 Å². The van der Waals surface area contributed by atoms with Gasteiger partial charge in [-0.05, 0) is 56.2 Å². The Bertz CT molecular complexity index is 1230. The monoisotopic (exact) mass is 520 g/mol. The van der Waals surface area contributed by atoms with Crippen LogP contribution >= 0.6 is 0 Å². The molecule has 1 aromatic heterocycles. The van der Waals surface area contributed by atoms with Crippen molar-refractivity contribution in [3.63, 3.8) is 0 Å². The van der Waals surface area contributed by atoms with Crippen molar-refractivity contribution in [1.29, 1.82) is 0 Å². The molecule has 2 rings (SSSR count). The number of halogens is 8. The van der Waals surface area contributed by atoms with Gasteiger partial charge in [0, 0.05) is 17.3 Å². The van der Waals surface area contributed by atoms with Crippen molar-refractivity contribution < 1.29 is 39.9 Å². The Hall–Kier alpha value is -3.77. The molecule has 0 radical (unpaired) electrons. The fourth-order valence-corrected chi connectivity index (χ4v) is 2.82. The lowest BCUT2D eigenvalue weighted by atomic mass is 10.0. The summed E-state index contributed by atoms with van der Waals surface area (Å²) in [6.45, 7) is 4.13. The number of amides is 1. The quantitative estimate of drug-likeness (QED) is 0.249. The van der Waals surface area contributed by atoms with Gasteiger partial charge >= 0.3 is 12.4 Å². The van der Waals surface area contributed by atoms with Gasteiger partial charge in [-0.3, -0.25) is 4.79 Å². The number of alkyl halides is 6. The highest BCUT2D eigenvalue weighted by atomic mass is 19.4. The summed E-state index contributed by atoms with van der Waals surface area (Å²) in [6.07, 6.45) is -6.36. The van der Waals surface area contributed by atoms with E-state index in [9.17, 15) is 39.9 Å². The molecule has 5 nitrogen and oxygen atoms in total. The van der Waals surface area contributed by atoms with Crippen LogP contribution in [0.5, 0.6) is 0 Å². The Labute approximate surface area is 200 Å². The normalized spacial score (nSPS) is 14.7. The fourth-order valence-electron chi connectivity index (χ4n) is 2.82. The number of benzene rings is 1. The second kappa shape index (κ2) is 10.9. The zero-order chi connectivity index (χ0) is 27.4. The average molecular weight is 520 g/mol. The highest BCUT2D eigenvalue weighted by Gasteiger charge is 2.37. The number of hydrogen-bond acceptors (Lipinski definition) is 3. The van der Waals surface area contributed by atoms with Crippen LogP contribution < -0.4 is 5.73 Å². The zero-order valence-corrected chi connectivity index (χ0v) is 19.1. The standard InChI is InChI=1S/C23H20F8N4O/c1-4-12(2)19(25)17(6-5-13(3)24)18(20(32)36)10-35-11-33-21(34-35)14-7-15(22(26,27)28)9-16(8-14)23(29,30)31/h5-11H,4H2,1-3H3,(H2,32,36)/b13-5+,17-6-,18-10+,19-12-. The van der Waals surface area contributed by atoms with E-state index in [4.69, 9.17) is 5.73 Å². The SMILES string of the molecule is CC/C(C)=C(F)/C(=C\C=C(/C)F)C(=C\n1cnc(-c2cc(C(F)(F)F)cc(C(F)(F)F)c2)n1)/C(N)=O. The Kier molecular flexibility index (Phi) is 8.60. The second-order valence-electron chi connectivity index (χ2n) is 7.53. The number of rotatable bonds is 7. The van der Waals surface area contributed by atoms with Crippen molar-refractivity contribution in [3.05, 3.63) is 76.2 Å². The summed E-state index contributed by atoms with van der Waals surface area (Å²) < 4.78 is 108. The van der Waals surface area contributed by atoms with Gasteiger partial charge < -0.3 is 5.73 Å². The number of allylic oxidation sites excluding steroid dienone is 5. The fraction of sp³-hybridized carbons (Fsp3) is 0.261. The molecule has 1 aromatic carbocycles. The van der Waals surface area contributed by atoms with Crippen LogP contribution in [0.4, 0.5) is 35.1 Å². The molecule has 13 heteroatoms. The van der Waals surface area contributed by atoms with Crippen LogP contribution in [-0.4, -0.2) is 20.7 Å². The third kappa shape index (κ3) is 7.12. The van der Waals surface area contributed by atoms with Gasteiger partial charge in [-0.2, -0.15) is 26.3 Å². The predicted octanol–water partition coefficient (Wildman–Crippen LogP) is 6.76. The summed E-state index contributed by atoms with van der Waals surface area (Å²) >= 11 is 0. The van der Waals surface area contributed by atoms with E-state index < -0.39 is 63.6 Å². The molecule has 194 valence electrons. The van der Waals surface area contributed by atoms with Crippen molar-refractivity contribution >= 4 is 12.1 Å². The molecule has 0 aliphatic carbocycles. The number of nitrogens with zero attached hydrogens (tertiary/aromatic N) is 3. The smallest absolute Gasteiger partial charge is 0.366 e. The summed E-state index contributed by atoms with van der Waals surface area (Å²) in [6, 6.07) is 0.815. The predicted molar refractivity (Wildman–Crippen MR) is 116 cm³/mol. The van der Waals surface area contributed by atoms with Crippen LogP contribution in [0.3, 0.4) is 0 Å². The molecular formula is C23H20F8N4O. The van der Waals surface area contributed by atoms with Crippen molar-refractivity contribution in [1.82, 2.24) is 14.8 Å². The van der Waals surface area contributed by atoms with Crippen LogP contribution in [0.2, 0.25) is 0 Å². The summed E-state index contributed by atoms with van der Waals surface area (Å²) in [7, 11) is 0. The topological polar surface area (TPSA) is 73.8 Å². The van der Waals surface area contributed by atoms with Crippen LogP contribution in [0.25, 0.3) is 17.6 Å². The molecule has 0 saturated carbocycles. The maximum absolute atomic E-state index is 15.0. The van der Waals surface area contributed by atoms with E-state index in [-0.39, 0.29) is 18.1 Å². The highest BCUT2D eigenvalue weighted by molar-refractivity contribution is 6.00. The number of primary amides is 1. The van der Waals surface area contributed by atoms with E-state index in [0.717, 1.165) is 36.3 Å². The summed E-state index contributed by atoms with van der Waals surface area (Å²) in [5.74, 6) is -3.31. The number of hydrogen-bond donors (Lipinski definition) is 1. The summed E-state index contributed by atoms with van der Waals surface area (Å²) in [5, 5.41) is 3.78. The first kappa shape index (κ1) is 28.5. The van der Waals surface area contributed by atoms with Crippen LogP contribution in [-0.2, 0) is 17.1 Å². The number of aromatic nitrogens is 3. The molecule has 1 heterocycles. The maximum Gasteiger partial charge on any atom is 0.416 e. The van der Waals surface area contributed by atoms with E-state index in [1.807, 2.05) is 0 Å².